The third-order valence-electron chi connectivity index (χ3n) is 4.36. The topological polar surface area (TPSA) is 81.8 Å². The molecule has 0 spiro atoms. The van der Waals surface area contributed by atoms with E-state index >= 15 is 0 Å². The maximum atomic E-state index is 6.00. The molecular weight excluding hydrogens is 292 g/mol. The fourth-order valence-electron chi connectivity index (χ4n) is 3.07. The number of aliphatic imine (C=N–C) groups is 1. The van der Waals surface area contributed by atoms with Gasteiger partial charge in [-0.2, -0.15) is 0 Å². The number of nitrogens with two attached hydrogens (primary N) is 1. The molecule has 2 aliphatic rings. The molecule has 0 bridgehead atoms. The van der Waals surface area contributed by atoms with Crippen LogP contribution in [0.15, 0.2) is 23.3 Å². The predicted molar refractivity (Wildman–Crippen MR) is 89.4 cm³/mol. The Morgan fingerprint density at radius 3 is 3.00 bits per heavy atom. The van der Waals surface area contributed by atoms with Crippen LogP contribution in [0, 0.1) is 0 Å². The first kappa shape index (κ1) is 16.1. The van der Waals surface area contributed by atoms with Gasteiger partial charge in [0.05, 0.1) is 19.8 Å². The Morgan fingerprint density at radius 1 is 1.35 bits per heavy atom. The molecule has 2 heterocycles. The zero-order chi connectivity index (χ0) is 15.9. The fraction of sp³-hybridized carbons (Fsp3) is 0.647. The second-order valence-electron chi connectivity index (χ2n) is 6.29. The standard InChI is InChI=1S/C17H26N4O2/c18-17(21-14-4-2-1-3-5-14)20-11-13-6-8-19-16(10-13)23-15-7-9-22-12-15/h6,8,10,14-15H,1-5,7,9,11-12H2,(H3,18,20,21). The molecule has 6 heteroatoms. The van der Waals surface area contributed by atoms with E-state index in [1.54, 1.807) is 6.20 Å². The Bertz CT molecular complexity index is 523. The highest BCUT2D eigenvalue weighted by molar-refractivity contribution is 5.78. The Hall–Kier alpha value is -1.82. The summed E-state index contributed by atoms with van der Waals surface area (Å²) in [6, 6.07) is 4.34. The molecule has 23 heavy (non-hydrogen) atoms. The zero-order valence-corrected chi connectivity index (χ0v) is 13.5. The highest BCUT2D eigenvalue weighted by Gasteiger charge is 2.17. The molecule has 1 aliphatic heterocycles. The third kappa shape index (κ3) is 5.10. The van der Waals surface area contributed by atoms with Crippen LogP contribution in [0.5, 0.6) is 5.88 Å². The lowest BCUT2D eigenvalue weighted by atomic mass is 9.96. The lowest BCUT2D eigenvalue weighted by Crippen LogP contribution is -2.41. The van der Waals surface area contributed by atoms with E-state index in [-0.39, 0.29) is 6.10 Å². The van der Waals surface area contributed by atoms with Gasteiger partial charge in [-0.3, -0.25) is 0 Å². The molecule has 1 saturated heterocycles. The summed E-state index contributed by atoms with van der Waals surface area (Å²) >= 11 is 0. The maximum Gasteiger partial charge on any atom is 0.213 e. The van der Waals surface area contributed by atoms with Gasteiger partial charge in [0.15, 0.2) is 5.96 Å². The van der Waals surface area contributed by atoms with Crippen molar-refractivity contribution < 1.29 is 9.47 Å². The van der Waals surface area contributed by atoms with Crippen molar-refractivity contribution in [1.82, 2.24) is 10.3 Å². The summed E-state index contributed by atoms with van der Waals surface area (Å²) in [5.41, 5.74) is 7.04. The quantitative estimate of drug-likeness (QED) is 0.641. The lowest BCUT2D eigenvalue weighted by molar-refractivity contribution is 0.138. The summed E-state index contributed by atoms with van der Waals surface area (Å²) in [6.07, 6.45) is 9.05. The van der Waals surface area contributed by atoms with E-state index in [0.29, 0.717) is 31.0 Å². The molecule has 2 fully saturated rings. The molecule has 0 aromatic carbocycles. The molecule has 1 atom stereocenters. The van der Waals surface area contributed by atoms with E-state index in [2.05, 4.69) is 15.3 Å². The average molecular weight is 318 g/mol. The largest absolute Gasteiger partial charge is 0.472 e. The molecule has 1 unspecified atom stereocenters. The molecule has 3 rings (SSSR count). The molecule has 0 amide bonds. The highest BCUT2D eigenvalue weighted by atomic mass is 16.5. The summed E-state index contributed by atoms with van der Waals surface area (Å²) in [5, 5.41) is 3.33. The van der Waals surface area contributed by atoms with Gasteiger partial charge in [-0.15, -0.1) is 0 Å². The van der Waals surface area contributed by atoms with Crippen LogP contribution in [0.3, 0.4) is 0 Å². The Kier molecular flexibility index (Phi) is 5.69. The van der Waals surface area contributed by atoms with Crippen molar-refractivity contribution in [1.29, 1.82) is 0 Å². The van der Waals surface area contributed by atoms with Crippen molar-refractivity contribution >= 4 is 5.96 Å². The van der Waals surface area contributed by atoms with Crippen molar-refractivity contribution in [3.8, 4) is 5.88 Å². The lowest BCUT2D eigenvalue weighted by Gasteiger charge is -2.23. The number of aromatic nitrogens is 1. The van der Waals surface area contributed by atoms with Crippen LogP contribution in [-0.2, 0) is 11.3 Å². The number of guanidine groups is 1. The first-order chi connectivity index (χ1) is 11.3. The summed E-state index contributed by atoms with van der Waals surface area (Å²) in [7, 11) is 0. The Balaban J connectivity index is 1.51. The van der Waals surface area contributed by atoms with E-state index in [9.17, 15) is 0 Å². The normalized spacial score (nSPS) is 23.0. The summed E-state index contributed by atoms with van der Waals surface area (Å²) in [5.74, 6) is 1.16. The van der Waals surface area contributed by atoms with Crippen LogP contribution < -0.4 is 15.8 Å². The molecule has 1 aliphatic carbocycles. The van der Waals surface area contributed by atoms with Crippen LogP contribution in [0.1, 0.15) is 44.1 Å². The number of rotatable bonds is 5. The second kappa shape index (κ2) is 8.15. The maximum absolute atomic E-state index is 6.00. The summed E-state index contributed by atoms with van der Waals surface area (Å²) in [4.78, 5) is 8.69. The van der Waals surface area contributed by atoms with Gasteiger partial charge in [0.1, 0.15) is 6.10 Å². The number of hydrogen-bond acceptors (Lipinski definition) is 4. The fourth-order valence-corrected chi connectivity index (χ4v) is 3.07. The second-order valence-corrected chi connectivity index (χ2v) is 6.29. The third-order valence-corrected chi connectivity index (χ3v) is 4.36. The van der Waals surface area contributed by atoms with E-state index in [4.69, 9.17) is 15.2 Å². The molecule has 1 aromatic heterocycles. The Labute approximate surface area is 137 Å². The van der Waals surface area contributed by atoms with Crippen LogP contribution in [-0.4, -0.2) is 36.3 Å². The molecule has 3 N–H and O–H groups in total. The van der Waals surface area contributed by atoms with Gasteiger partial charge in [0, 0.05) is 24.7 Å². The highest BCUT2D eigenvalue weighted by Crippen LogP contribution is 2.18. The van der Waals surface area contributed by atoms with E-state index in [1.165, 1.54) is 32.1 Å². The van der Waals surface area contributed by atoms with Crippen molar-refractivity contribution in [3.63, 3.8) is 0 Å². The summed E-state index contributed by atoms with van der Waals surface area (Å²) < 4.78 is 11.1. The zero-order valence-electron chi connectivity index (χ0n) is 13.5. The smallest absolute Gasteiger partial charge is 0.213 e. The average Bonchev–Trinajstić information content (AvgIpc) is 3.07. The van der Waals surface area contributed by atoms with Crippen molar-refractivity contribution in [2.75, 3.05) is 13.2 Å². The minimum absolute atomic E-state index is 0.110. The van der Waals surface area contributed by atoms with E-state index in [1.807, 2.05) is 12.1 Å². The molecule has 1 aromatic rings. The number of ether oxygens (including phenoxy) is 2. The van der Waals surface area contributed by atoms with Crippen molar-refractivity contribution in [3.05, 3.63) is 23.9 Å². The number of hydrogen-bond donors (Lipinski definition) is 2. The minimum atomic E-state index is 0.110. The monoisotopic (exact) mass is 318 g/mol. The number of nitrogens with one attached hydrogen (secondary N) is 1. The van der Waals surface area contributed by atoms with Crippen LogP contribution in [0.25, 0.3) is 0 Å². The SMILES string of the molecule is NC(=NCc1ccnc(OC2CCOC2)c1)NC1CCCCC1. The first-order valence-electron chi connectivity index (χ1n) is 8.55. The Morgan fingerprint density at radius 2 is 2.22 bits per heavy atom. The molecule has 1 saturated carbocycles. The molecule has 126 valence electrons. The van der Waals surface area contributed by atoms with E-state index in [0.717, 1.165) is 18.6 Å². The van der Waals surface area contributed by atoms with Crippen molar-refractivity contribution in [2.45, 2.75) is 57.2 Å². The van der Waals surface area contributed by atoms with Gasteiger partial charge in [-0.05, 0) is 24.5 Å². The van der Waals surface area contributed by atoms with Crippen molar-refractivity contribution in [2.24, 2.45) is 10.7 Å². The number of nitrogens with zero attached hydrogens (tertiary/aromatic N) is 2. The number of pyridine rings is 1. The van der Waals surface area contributed by atoms with Crippen LogP contribution in [0.2, 0.25) is 0 Å². The van der Waals surface area contributed by atoms with Gasteiger partial charge >= 0.3 is 0 Å². The van der Waals surface area contributed by atoms with Gasteiger partial charge in [-0.25, -0.2) is 9.98 Å². The predicted octanol–water partition coefficient (Wildman–Crippen LogP) is 1.99. The van der Waals surface area contributed by atoms with Crippen LogP contribution >= 0.6 is 0 Å². The molecule has 0 radical (unpaired) electrons. The van der Waals surface area contributed by atoms with E-state index < -0.39 is 0 Å². The molecule has 6 nitrogen and oxygen atoms in total. The summed E-state index contributed by atoms with van der Waals surface area (Å²) in [6.45, 7) is 1.94. The first-order valence-corrected chi connectivity index (χ1v) is 8.55. The van der Waals surface area contributed by atoms with Gasteiger partial charge < -0.3 is 20.5 Å². The minimum Gasteiger partial charge on any atom is -0.472 e. The van der Waals surface area contributed by atoms with Crippen LogP contribution in [0.4, 0.5) is 0 Å². The van der Waals surface area contributed by atoms with Gasteiger partial charge in [0.25, 0.3) is 0 Å². The van der Waals surface area contributed by atoms with Gasteiger partial charge in [0.2, 0.25) is 5.88 Å². The van der Waals surface area contributed by atoms with Gasteiger partial charge in [-0.1, -0.05) is 19.3 Å². The molecular formula is C17H26N4O2.